The molecule has 1 aliphatic carbocycles. The van der Waals surface area contributed by atoms with Gasteiger partial charge in [0, 0.05) is 23.9 Å². The summed E-state index contributed by atoms with van der Waals surface area (Å²) in [6, 6.07) is 2.61. The van der Waals surface area contributed by atoms with Crippen LogP contribution in [-0.4, -0.2) is 18.2 Å². The highest BCUT2D eigenvalue weighted by Crippen LogP contribution is 2.41. The third-order valence-electron chi connectivity index (χ3n) is 4.01. The number of hydrogen-bond donors (Lipinski definition) is 2. The summed E-state index contributed by atoms with van der Waals surface area (Å²) in [5, 5.41) is 0. The van der Waals surface area contributed by atoms with Gasteiger partial charge in [-0.05, 0) is 31.9 Å². The fourth-order valence-electron chi connectivity index (χ4n) is 2.44. The van der Waals surface area contributed by atoms with Gasteiger partial charge in [-0.25, -0.2) is 4.39 Å². The minimum Gasteiger partial charge on any atom is -0.484 e. The minimum absolute atomic E-state index is 0. The van der Waals surface area contributed by atoms with Gasteiger partial charge in [-0.15, -0.1) is 12.4 Å². The lowest BCUT2D eigenvalue weighted by Gasteiger charge is -2.37. The topological polar surface area (TPSA) is 78.3 Å². The molecule has 3 rings (SSSR count). The van der Waals surface area contributed by atoms with Crippen LogP contribution < -0.4 is 16.2 Å². The van der Waals surface area contributed by atoms with Crippen LogP contribution in [0.5, 0.6) is 5.75 Å². The number of ether oxygens (including phenoxy) is 1. The van der Waals surface area contributed by atoms with E-state index >= 15 is 0 Å². The summed E-state index contributed by atoms with van der Waals surface area (Å²) >= 11 is 0. The van der Waals surface area contributed by atoms with E-state index in [1.54, 1.807) is 0 Å². The molecule has 25 heavy (non-hydrogen) atoms. The van der Waals surface area contributed by atoms with Crippen molar-refractivity contribution in [1.82, 2.24) is 0 Å². The van der Waals surface area contributed by atoms with Gasteiger partial charge in [0.2, 0.25) is 5.91 Å². The average Bonchev–Trinajstić information content (AvgIpc) is 3.31. The van der Waals surface area contributed by atoms with Gasteiger partial charge in [-0.3, -0.25) is 4.79 Å². The highest BCUT2D eigenvalue weighted by atomic mass is 35.5. The molecule has 0 radical (unpaired) electrons. The normalized spacial score (nSPS) is 24.8. The predicted molar refractivity (Wildman–Crippen MR) is 87.2 cm³/mol. The van der Waals surface area contributed by atoms with Crippen LogP contribution in [0.1, 0.15) is 43.4 Å². The third kappa shape index (κ3) is 5.47. The summed E-state index contributed by atoms with van der Waals surface area (Å²) < 4.78 is 55.9. The molecule has 1 heterocycles. The van der Waals surface area contributed by atoms with Crippen LogP contribution in [0.15, 0.2) is 18.2 Å². The van der Waals surface area contributed by atoms with E-state index in [0.29, 0.717) is 5.56 Å². The molecule has 1 aromatic carbocycles. The van der Waals surface area contributed by atoms with Crippen LogP contribution in [0.4, 0.5) is 17.6 Å². The molecule has 0 unspecified atom stereocenters. The van der Waals surface area contributed by atoms with Crippen molar-refractivity contribution in [1.29, 1.82) is 0 Å². The number of hydrogen-bond acceptors (Lipinski definition) is 3. The van der Waals surface area contributed by atoms with E-state index in [4.69, 9.17) is 16.2 Å². The van der Waals surface area contributed by atoms with Crippen LogP contribution >= 0.6 is 12.4 Å². The second-order valence-electron chi connectivity index (χ2n) is 6.42. The number of carbonyl (C=O) groups is 1. The lowest BCUT2D eigenvalue weighted by Crippen LogP contribution is -2.42. The van der Waals surface area contributed by atoms with Gasteiger partial charge < -0.3 is 16.2 Å². The summed E-state index contributed by atoms with van der Waals surface area (Å²) in [7, 11) is 0. The summed E-state index contributed by atoms with van der Waals surface area (Å²) in [5.41, 5.74) is 9.19. The van der Waals surface area contributed by atoms with Crippen molar-refractivity contribution in [3.63, 3.8) is 0 Å². The number of rotatable bonds is 2. The molecule has 1 amide bonds. The summed E-state index contributed by atoms with van der Waals surface area (Å²) in [6.45, 7) is 0.701. The zero-order chi connectivity index (χ0) is 18.1. The molecule has 0 aromatic heterocycles. The highest BCUT2D eigenvalue weighted by molar-refractivity contribution is 5.85. The Kier molecular flexibility index (Phi) is 6.69. The Morgan fingerprint density at radius 2 is 1.96 bits per heavy atom. The zero-order valence-electron chi connectivity index (χ0n) is 13.6. The summed E-state index contributed by atoms with van der Waals surface area (Å²) in [5.74, 6) is 0.128. The number of carbonyl (C=O) groups excluding carboxylic acids is 1. The summed E-state index contributed by atoms with van der Waals surface area (Å²) in [6.07, 6.45) is -2.17. The van der Waals surface area contributed by atoms with Crippen LogP contribution in [0.25, 0.3) is 0 Å². The van der Waals surface area contributed by atoms with Gasteiger partial charge in [-0.2, -0.15) is 13.2 Å². The average molecular weight is 385 g/mol. The molecule has 4 nitrogen and oxygen atoms in total. The Bertz CT molecular complexity index is 623. The molecule has 1 fully saturated rings. The van der Waals surface area contributed by atoms with Crippen LogP contribution in [0.3, 0.4) is 0 Å². The van der Waals surface area contributed by atoms with E-state index in [9.17, 15) is 22.4 Å². The number of amides is 1. The maximum absolute atomic E-state index is 12.9. The molecule has 2 aliphatic rings. The molecule has 142 valence electrons. The number of benzene rings is 1. The molecule has 1 aliphatic heterocycles. The lowest BCUT2D eigenvalue weighted by molar-refractivity contribution is -0.137. The molecular formula is C16H21ClF4N2O2. The number of halogens is 5. The van der Waals surface area contributed by atoms with Gasteiger partial charge >= 0.3 is 6.18 Å². The van der Waals surface area contributed by atoms with E-state index in [1.807, 2.05) is 0 Å². The van der Waals surface area contributed by atoms with Crippen LogP contribution in [0, 0.1) is 5.92 Å². The first kappa shape index (κ1) is 21.5. The first-order chi connectivity index (χ1) is 11.1. The Hall–Kier alpha value is -1.54. The fourth-order valence-corrected chi connectivity index (χ4v) is 2.44. The Morgan fingerprint density at radius 1 is 1.36 bits per heavy atom. The Morgan fingerprint density at radius 3 is 2.36 bits per heavy atom. The number of primary amides is 1. The third-order valence-corrected chi connectivity index (χ3v) is 4.01. The fraction of sp³-hybridized carbons (Fsp3) is 0.562. The molecule has 1 aromatic rings. The van der Waals surface area contributed by atoms with E-state index in [2.05, 4.69) is 0 Å². The molecule has 0 saturated heterocycles. The molecular weight excluding hydrogens is 364 g/mol. The van der Waals surface area contributed by atoms with Crippen molar-refractivity contribution in [2.24, 2.45) is 17.4 Å². The quantitative estimate of drug-likeness (QED) is 0.766. The molecule has 0 spiro atoms. The molecule has 2 atom stereocenters. The number of nitrogens with two attached hydrogens (primary N) is 2. The van der Waals surface area contributed by atoms with Crippen molar-refractivity contribution >= 4 is 18.3 Å². The van der Waals surface area contributed by atoms with E-state index in [1.165, 1.54) is 13.0 Å². The van der Waals surface area contributed by atoms with Gasteiger partial charge in [0.05, 0.1) is 5.56 Å². The van der Waals surface area contributed by atoms with Crippen LogP contribution in [-0.2, 0) is 11.0 Å². The van der Waals surface area contributed by atoms with E-state index in [0.717, 1.165) is 25.0 Å². The molecule has 4 N–H and O–H groups in total. The largest absolute Gasteiger partial charge is 0.484 e. The van der Waals surface area contributed by atoms with Crippen LogP contribution in [0.2, 0.25) is 0 Å². The monoisotopic (exact) mass is 384 g/mol. The SMILES string of the molecule is C[C@@]1(CF)C[C@@H](N)c2ccc(C(F)(F)F)cc2O1.Cl.NC(=O)C1CC1. The molecule has 0 bridgehead atoms. The van der Waals surface area contributed by atoms with Crippen molar-refractivity contribution in [2.45, 2.75) is 44.0 Å². The number of fused-ring (bicyclic) bond motifs is 1. The number of alkyl halides is 4. The maximum Gasteiger partial charge on any atom is 0.416 e. The lowest BCUT2D eigenvalue weighted by atomic mass is 9.89. The standard InChI is InChI=1S/C12H13F4NO.C4H7NO.ClH/c1-11(6-13)5-9(17)8-3-2-7(12(14,15)16)4-10(8)18-11;5-4(6)3-1-2-3;/h2-4,9H,5-6,17H2,1H3;3H,1-2H2,(H2,5,6);1H/t9-,11+;;/m1../s1. The van der Waals surface area contributed by atoms with E-state index in [-0.39, 0.29) is 36.4 Å². The molecule has 9 heteroatoms. The smallest absolute Gasteiger partial charge is 0.416 e. The van der Waals surface area contributed by atoms with Gasteiger partial charge in [0.1, 0.15) is 18.0 Å². The van der Waals surface area contributed by atoms with Gasteiger partial charge in [-0.1, -0.05) is 6.07 Å². The second-order valence-corrected chi connectivity index (χ2v) is 6.42. The maximum atomic E-state index is 12.9. The Balaban J connectivity index is 0.000000379. The predicted octanol–water partition coefficient (Wildman–Crippen LogP) is 3.52. The first-order valence-electron chi connectivity index (χ1n) is 7.57. The van der Waals surface area contributed by atoms with Crippen molar-refractivity contribution < 1.29 is 27.1 Å². The first-order valence-corrected chi connectivity index (χ1v) is 7.57. The second kappa shape index (κ2) is 7.78. The summed E-state index contributed by atoms with van der Waals surface area (Å²) in [4.78, 5) is 9.98. The minimum atomic E-state index is -4.45. The van der Waals surface area contributed by atoms with E-state index < -0.39 is 30.1 Å². The van der Waals surface area contributed by atoms with Crippen molar-refractivity contribution in [3.05, 3.63) is 29.3 Å². The molecule has 1 saturated carbocycles. The highest BCUT2D eigenvalue weighted by Gasteiger charge is 2.38. The van der Waals surface area contributed by atoms with Crippen molar-refractivity contribution in [3.8, 4) is 5.75 Å². The zero-order valence-corrected chi connectivity index (χ0v) is 14.4. The van der Waals surface area contributed by atoms with Gasteiger partial charge in [0.15, 0.2) is 0 Å². The van der Waals surface area contributed by atoms with Gasteiger partial charge in [0.25, 0.3) is 0 Å². The Labute approximate surface area is 149 Å². The van der Waals surface area contributed by atoms with Crippen molar-refractivity contribution in [2.75, 3.05) is 6.67 Å².